The van der Waals surface area contributed by atoms with Gasteiger partial charge in [0.15, 0.2) is 0 Å². The maximum atomic E-state index is 11.7. The van der Waals surface area contributed by atoms with Crippen LogP contribution in [0.15, 0.2) is 0 Å². The van der Waals surface area contributed by atoms with Gasteiger partial charge in [-0.3, -0.25) is 4.79 Å². The second-order valence-corrected chi connectivity index (χ2v) is 4.36. The van der Waals surface area contributed by atoms with Crippen LogP contribution in [0.4, 0.5) is 8.78 Å². The average molecular weight is 267 g/mol. The lowest BCUT2D eigenvalue weighted by molar-refractivity contribution is -0.124. The van der Waals surface area contributed by atoms with Gasteiger partial charge in [0.25, 0.3) is 6.43 Å². The number of hydrogen-bond donors (Lipinski definition) is 2. The first-order valence-corrected chi connectivity index (χ1v) is 5.90. The van der Waals surface area contributed by atoms with Gasteiger partial charge in [-0.2, -0.15) is 0 Å². The minimum absolute atomic E-state index is 0.00195. The lowest BCUT2D eigenvalue weighted by Gasteiger charge is -2.26. The van der Waals surface area contributed by atoms with Gasteiger partial charge >= 0.3 is 0 Å². The fourth-order valence-corrected chi connectivity index (χ4v) is 1.68. The van der Waals surface area contributed by atoms with Crippen LogP contribution in [-0.4, -0.2) is 55.5 Å². The van der Waals surface area contributed by atoms with Crippen molar-refractivity contribution in [3.63, 3.8) is 0 Å². The van der Waals surface area contributed by atoms with Crippen molar-refractivity contribution < 1.29 is 28.2 Å². The normalized spacial score (nSPS) is 27.7. The maximum absolute atomic E-state index is 11.7. The van der Waals surface area contributed by atoms with Crippen LogP contribution in [0.2, 0.25) is 0 Å². The first-order chi connectivity index (χ1) is 8.44. The van der Waals surface area contributed by atoms with Crippen LogP contribution in [0.5, 0.6) is 0 Å². The second-order valence-electron chi connectivity index (χ2n) is 4.36. The summed E-state index contributed by atoms with van der Waals surface area (Å²) in [6, 6.07) is 0. The van der Waals surface area contributed by atoms with Crippen molar-refractivity contribution in [2.75, 3.05) is 26.4 Å². The topological polar surface area (TPSA) is 67.8 Å². The molecule has 7 heteroatoms. The zero-order chi connectivity index (χ0) is 13.6. The van der Waals surface area contributed by atoms with Gasteiger partial charge in [0.2, 0.25) is 5.91 Å². The molecule has 0 bridgehead atoms. The number of ether oxygens (including phenoxy) is 2. The Kier molecular flexibility index (Phi) is 5.90. The van der Waals surface area contributed by atoms with Crippen LogP contribution in [0.25, 0.3) is 0 Å². The molecule has 0 aromatic rings. The number of aliphatic hydroxyl groups is 1. The Balaban J connectivity index is 2.13. The maximum Gasteiger partial charge on any atom is 0.261 e. The lowest BCUT2D eigenvalue weighted by Crippen LogP contribution is -2.47. The predicted molar refractivity (Wildman–Crippen MR) is 59.4 cm³/mol. The Morgan fingerprint density at radius 1 is 1.67 bits per heavy atom. The smallest absolute Gasteiger partial charge is 0.261 e. The van der Waals surface area contributed by atoms with Gasteiger partial charge in [-0.25, -0.2) is 8.78 Å². The van der Waals surface area contributed by atoms with Crippen molar-refractivity contribution in [2.24, 2.45) is 0 Å². The van der Waals surface area contributed by atoms with Crippen molar-refractivity contribution in [3.05, 3.63) is 0 Å². The van der Waals surface area contributed by atoms with Gasteiger partial charge < -0.3 is 19.9 Å². The molecular weight excluding hydrogens is 248 g/mol. The van der Waals surface area contributed by atoms with Crippen molar-refractivity contribution in [3.8, 4) is 0 Å². The van der Waals surface area contributed by atoms with E-state index in [1.54, 1.807) is 6.92 Å². The number of carbonyl (C=O) groups is 1. The van der Waals surface area contributed by atoms with E-state index in [1.165, 1.54) is 0 Å². The summed E-state index contributed by atoms with van der Waals surface area (Å²) in [7, 11) is 0. The molecule has 1 aliphatic rings. The van der Waals surface area contributed by atoms with Gasteiger partial charge in [-0.1, -0.05) is 0 Å². The average Bonchev–Trinajstić information content (AvgIpc) is 2.63. The molecule has 0 spiro atoms. The predicted octanol–water partition coefficient (Wildman–Crippen LogP) is 0.314. The van der Waals surface area contributed by atoms with Gasteiger partial charge in [0.05, 0.1) is 12.7 Å². The number of alkyl halides is 2. The quantitative estimate of drug-likeness (QED) is 0.652. The third-order valence-electron chi connectivity index (χ3n) is 2.97. The summed E-state index contributed by atoms with van der Waals surface area (Å²) in [5.74, 6) is -0.336. The molecule has 18 heavy (non-hydrogen) atoms. The van der Waals surface area contributed by atoms with Crippen LogP contribution in [-0.2, 0) is 14.3 Å². The molecule has 5 nitrogen and oxygen atoms in total. The summed E-state index contributed by atoms with van der Waals surface area (Å²) in [5.41, 5.74) is -1.04. The lowest BCUT2D eigenvalue weighted by atomic mass is 9.97. The van der Waals surface area contributed by atoms with Crippen molar-refractivity contribution >= 4 is 5.91 Å². The summed E-state index contributed by atoms with van der Waals surface area (Å²) in [4.78, 5) is 11.4. The third kappa shape index (κ3) is 4.83. The molecule has 0 saturated carbocycles. The molecule has 1 rings (SSSR count). The molecule has 2 N–H and O–H groups in total. The first-order valence-electron chi connectivity index (χ1n) is 5.90. The van der Waals surface area contributed by atoms with Crippen molar-refractivity contribution in [1.82, 2.24) is 5.32 Å². The van der Waals surface area contributed by atoms with Crippen molar-refractivity contribution in [2.45, 2.75) is 37.9 Å². The zero-order valence-corrected chi connectivity index (χ0v) is 10.3. The number of amides is 1. The molecule has 1 aliphatic heterocycles. The van der Waals surface area contributed by atoms with E-state index in [0.29, 0.717) is 13.0 Å². The van der Waals surface area contributed by atoms with Gasteiger partial charge in [0.1, 0.15) is 12.2 Å². The van der Waals surface area contributed by atoms with Crippen LogP contribution >= 0.6 is 0 Å². The van der Waals surface area contributed by atoms with E-state index >= 15 is 0 Å². The van der Waals surface area contributed by atoms with E-state index in [9.17, 15) is 18.7 Å². The monoisotopic (exact) mass is 267 g/mol. The number of nitrogens with one attached hydrogen (secondary N) is 1. The van der Waals surface area contributed by atoms with Gasteiger partial charge in [0, 0.05) is 26.0 Å². The Morgan fingerprint density at radius 3 is 2.94 bits per heavy atom. The minimum Gasteiger partial charge on any atom is -0.385 e. The van der Waals surface area contributed by atoms with E-state index in [0.717, 1.165) is 0 Å². The van der Waals surface area contributed by atoms with Crippen molar-refractivity contribution in [1.29, 1.82) is 0 Å². The Hall–Kier alpha value is -0.790. The molecule has 1 heterocycles. The van der Waals surface area contributed by atoms with Crippen LogP contribution in [0.1, 0.15) is 19.8 Å². The highest BCUT2D eigenvalue weighted by Gasteiger charge is 2.39. The number of rotatable bonds is 7. The number of hydrogen-bond acceptors (Lipinski definition) is 4. The highest BCUT2D eigenvalue weighted by molar-refractivity contribution is 5.76. The Labute approximate surface area is 104 Å². The summed E-state index contributed by atoms with van der Waals surface area (Å²) in [6.07, 6.45) is -2.38. The zero-order valence-electron chi connectivity index (χ0n) is 10.3. The summed E-state index contributed by atoms with van der Waals surface area (Å²) in [6.45, 7) is 1.58. The summed E-state index contributed by atoms with van der Waals surface area (Å²) < 4.78 is 33.3. The summed E-state index contributed by atoms with van der Waals surface area (Å²) >= 11 is 0. The Bertz CT molecular complexity index is 278. The standard InChI is InChI=1S/C11H19F2NO4/c1-8-11(16,3-5-18-8)7-14-10(15)2-4-17-6-9(12)13/h8-9,16H,2-7H2,1H3,(H,14,15). The summed E-state index contributed by atoms with van der Waals surface area (Å²) in [5, 5.41) is 12.6. The van der Waals surface area contributed by atoms with E-state index in [2.05, 4.69) is 10.1 Å². The molecular formula is C11H19F2NO4. The third-order valence-corrected chi connectivity index (χ3v) is 2.97. The van der Waals surface area contributed by atoms with Crippen LogP contribution in [0.3, 0.4) is 0 Å². The minimum atomic E-state index is -2.52. The van der Waals surface area contributed by atoms with E-state index in [-0.39, 0.29) is 31.6 Å². The highest BCUT2D eigenvalue weighted by Crippen LogP contribution is 2.24. The Morgan fingerprint density at radius 2 is 2.39 bits per heavy atom. The second kappa shape index (κ2) is 6.96. The molecule has 2 atom stereocenters. The fraction of sp³-hybridized carbons (Fsp3) is 0.909. The molecule has 106 valence electrons. The van der Waals surface area contributed by atoms with E-state index in [4.69, 9.17) is 4.74 Å². The molecule has 0 aromatic heterocycles. The molecule has 0 aliphatic carbocycles. The fourth-order valence-electron chi connectivity index (χ4n) is 1.68. The highest BCUT2D eigenvalue weighted by atomic mass is 19.3. The van der Waals surface area contributed by atoms with Gasteiger partial charge in [-0.15, -0.1) is 0 Å². The van der Waals surface area contributed by atoms with E-state index in [1.807, 2.05) is 0 Å². The molecule has 1 saturated heterocycles. The molecule has 1 amide bonds. The number of halogens is 2. The molecule has 0 radical (unpaired) electrons. The first kappa shape index (κ1) is 15.3. The molecule has 2 unspecified atom stereocenters. The SMILES string of the molecule is CC1OCCC1(O)CNC(=O)CCOCC(F)F. The van der Waals surface area contributed by atoms with Gasteiger partial charge in [-0.05, 0) is 6.92 Å². The van der Waals surface area contributed by atoms with E-state index < -0.39 is 18.6 Å². The largest absolute Gasteiger partial charge is 0.385 e. The number of carbonyl (C=O) groups excluding carboxylic acids is 1. The molecule has 0 aromatic carbocycles. The van der Waals surface area contributed by atoms with Crippen LogP contribution in [0, 0.1) is 0 Å². The van der Waals surface area contributed by atoms with Crippen LogP contribution < -0.4 is 5.32 Å². The molecule has 1 fully saturated rings.